The molecule has 126 valence electrons. The summed E-state index contributed by atoms with van der Waals surface area (Å²) in [7, 11) is 0. The molecule has 0 aliphatic carbocycles. The number of halogens is 1. The fourth-order valence-electron chi connectivity index (χ4n) is 2.49. The summed E-state index contributed by atoms with van der Waals surface area (Å²) < 4.78 is 1.05. The van der Waals surface area contributed by atoms with Gasteiger partial charge in [-0.2, -0.15) is 0 Å². The van der Waals surface area contributed by atoms with Gasteiger partial charge in [-0.1, -0.05) is 58.4 Å². The lowest BCUT2D eigenvalue weighted by molar-refractivity contribution is -0.113. The third-order valence-corrected chi connectivity index (χ3v) is 5.44. The molecule has 0 aliphatic heterocycles. The molecule has 0 unspecified atom stereocenters. The van der Waals surface area contributed by atoms with Crippen molar-refractivity contribution in [3.8, 4) is 11.1 Å². The maximum absolute atomic E-state index is 12.2. The van der Waals surface area contributed by atoms with E-state index in [4.69, 9.17) is 0 Å². The van der Waals surface area contributed by atoms with E-state index in [1.165, 1.54) is 11.1 Å². The SMILES string of the molecule is Cc1cc(Br)ccc1SCC(=O)Nc1ccc(-c2ccccc2)cc1. The van der Waals surface area contributed by atoms with Crippen LogP contribution in [0.15, 0.2) is 82.2 Å². The molecule has 3 aromatic rings. The number of amides is 1. The molecule has 0 atom stereocenters. The van der Waals surface area contributed by atoms with Crippen LogP contribution in [0.3, 0.4) is 0 Å². The lowest BCUT2D eigenvalue weighted by Gasteiger charge is -2.08. The van der Waals surface area contributed by atoms with Crippen LogP contribution >= 0.6 is 27.7 Å². The van der Waals surface area contributed by atoms with Crippen molar-refractivity contribution in [3.05, 3.63) is 82.8 Å². The minimum atomic E-state index is -0.000204. The van der Waals surface area contributed by atoms with E-state index >= 15 is 0 Å². The second-order valence-electron chi connectivity index (χ2n) is 5.69. The highest BCUT2D eigenvalue weighted by atomic mass is 79.9. The zero-order valence-corrected chi connectivity index (χ0v) is 16.2. The summed E-state index contributed by atoms with van der Waals surface area (Å²) in [5, 5.41) is 2.95. The number of benzene rings is 3. The van der Waals surface area contributed by atoms with Crippen molar-refractivity contribution in [2.45, 2.75) is 11.8 Å². The second kappa shape index (κ2) is 8.37. The third-order valence-electron chi connectivity index (χ3n) is 3.77. The van der Waals surface area contributed by atoms with Gasteiger partial charge in [-0.25, -0.2) is 0 Å². The molecule has 0 saturated carbocycles. The Balaban J connectivity index is 1.57. The number of aryl methyl sites for hydroxylation is 1. The molecule has 0 saturated heterocycles. The van der Waals surface area contributed by atoms with Crippen molar-refractivity contribution < 1.29 is 4.79 Å². The lowest BCUT2D eigenvalue weighted by atomic mass is 10.1. The fraction of sp³-hybridized carbons (Fsp3) is 0.0952. The number of hydrogen-bond donors (Lipinski definition) is 1. The van der Waals surface area contributed by atoms with Crippen molar-refractivity contribution in [2.75, 3.05) is 11.1 Å². The minimum absolute atomic E-state index is 0.000204. The van der Waals surface area contributed by atoms with Gasteiger partial charge in [-0.05, 0) is 53.9 Å². The fourth-order valence-corrected chi connectivity index (χ4v) is 3.78. The molecule has 0 heterocycles. The van der Waals surface area contributed by atoms with Crippen LogP contribution in [0.4, 0.5) is 5.69 Å². The maximum Gasteiger partial charge on any atom is 0.234 e. The largest absolute Gasteiger partial charge is 0.325 e. The van der Waals surface area contributed by atoms with E-state index in [2.05, 4.69) is 39.4 Å². The Labute approximate surface area is 160 Å². The summed E-state index contributed by atoms with van der Waals surface area (Å²) in [5.74, 6) is 0.392. The summed E-state index contributed by atoms with van der Waals surface area (Å²) in [6.07, 6.45) is 0. The van der Waals surface area contributed by atoms with Crippen LogP contribution in [0.5, 0.6) is 0 Å². The summed E-state index contributed by atoms with van der Waals surface area (Å²) in [5.41, 5.74) is 4.29. The summed E-state index contributed by atoms with van der Waals surface area (Å²) in [6.45, 7) is 2.05. The van der Waals surface area contributed by atoms with Crippen molar-refractivity contribution in [2.24, 2.45) is 0 Å². The van der Waals surface area contributed by atoms with Crippen LogP contribution in [0.25, 0.3) is 11.1 Å². The molecule has 0 aromatic heterocycles. The van der Waals surface area contributed by atoms with E-state index in [1.54, 1.807) is 11.8 Å². The van der Waals surface area contributed by atoms with Gasteiger partial charge in [0.25, 0.3) is 0 Å². The first-order chi connectivity index (χ1) is 12.1. The molecule has 3 rings (SSSR count). The first-order valence-electron chi connectivity index (χ1n) is 7.96. The monoisotopic (exact) mass is 411 g/mol. The minimum Gasteiger partial charge on any atom is -0.325 e. The molecule has 0 aliphatic rings. The van der Waals surface area contributed by atoms with Crippen molar-refractivity contribution in [1.29, 1.82) is 0 Å². The first-order valence-corrected chi connectivity index (χ1v) is 9.74. The molecular weight excluding hydrogens is 394 g/mol. The lowest BCUT2D eigenvalue weighted by Crippen LogP contribution is -2.13. The zero-order chi connectivity index (χ0) is 17.6. The highest BCUT2D eigenvalue weighted by molar-refractivity contribution is 9.10. The van der Waals surface area contributed by atoms with E-state index in [0.717, 1.165) is 20.6 Å². The third kappa shape index (κ3) is 4.97. The maximum atomic E-state index is 12.2. The number of carbonyl (C=O) groups excluding carboxylic acids is 1. The van der Waals surface area contributed by atoms with Crippen LogP contribution in [-0.2, 0) is 4.79 Å². The number of rotatable bonds is 5. The van der Waals surface area contributed by atoms with Gasteiger partial charge in [0.15, 0.2) is 0 Å². The molecular formula is C21H18BrNOS. The Morgan fingerprint density at radius 2 is 1.64 bits per heavy atom. The van der Waals surface area contributed by atoms with Gasteiger partial charge in [0.1, 0.15) is 0 Å². The van der Waals surface area contributed by atoms with Crippen LogP contribution in [0.1, 0.15) is 5.56 Å². The summed E-state index contributed by atoms with van der Waals surface area (Å²) >= 11 is 5.00. The first kappa shape index (κ1) is 17.8. The molecule has 4 heteroatoms. The Kier molecular flexibility index (Phi) is 5.95. The number of nitrogens with one attached hydrogen (secondary N) is 1. The predicted octanol–water partition coefficient (Wildman–Crippen LogP) is 6.16. The van der Waals surface area contributed by atoms with Crippen LogP contribution in [0.2, 0.25) is 0 Å². The summed E-state index contributed by atoms with van der Waals surface area (Å²) in [6, 6.07) is 24.2. The molecule has 0 spiro atoms. The van der Waals surface area contributed by atoms with Crippen LogP contribution in [-0.4, -0.2) is 11.7 Å². The van der Waals surface area contributed by atoms with E-state index in [1.807, 2.05) is 61.5 Å². The zero-order valence-electron chi connectivity index (χ0n) is 13.8. The highest BCUT2D eigenvalue weighted by Crippen LogP contribution is 2.26. The van der Waals surface area contributed by atoms with Crippen LogP contribution < -0.4 is 5.32 Å². The Morgan fingerprint density at radius 1 is 0.960 bits per heavy atom. The highest BCUT2D eigenvalue weighted by Gasteiger charge is 2.06. The van der Waals surface area contributed by atoms with E-state index in [-0.39, 0.29) is 5.91 Å². The molecule has 25 heavy (non-hydrogen) atoms. The van der Waals surface area contributed by atoms with Gasteiger partial charge in [0.05, 0.1) is 5.75 Å². The second-order valence-corrected chi connectivity index (χ2v) is 7.62. The molecule has 0 radical (unpaired) electrons. The quantitative estimate of drug-likeness (QED) is 0.509. The van der Waals surface area contributed by atoms with E-state index < -0.39 is 0 Å². The van der Waals surface area contributed by atoms with Crippen molar-refractivity contribution in [1.82, 2.24) is 0 Å². The molecule has 3 aromatic carbocycles. The van der Waals surface area contributed by atoms with Gasteiger partial charge in [0, 0.05) is 15.1 Å². The smallest absolute Gasteiger partial charge is 0.234 e. The van der Waals surface area contributed by atoms with Gasteiger partial charge < -0.3 is 5.32 Å². The Hall–Kier alpha value is -2.04. The van der Waals surface area contributed by atoms with Gasteiger partial charge in [-0.15, -0.1) is 11.8 Å². The normalized spacial score (nSPS) is 10.5. The van der Waals surface area contributed by atoms with E-state index in [9.17, 15) is 4.79 Å². The topological polar surface area (TPSA) is 29.1 Å². The summed E-state index contributed by atoms with van der Waals surface area (Å²) in [4.78, 5) is 13.3. The molecule has 1 N–H and O–H groups in total. The average Bonchev–Trinajstić information content (AvgIpc) is 2.62. The number of thioether (sulfide) groups is 1. The predicted molar refractivity (Wildman–Crippen MR) is 110 cm³/mol. The van der Waals surface area contributed by atoms with Crippen molar-refractivity contribution >= 4 is 39.3 Å². The molecule has 0 fully saturated rings. The van der Waals surface area contributed by atoms with Gasteiger partial charge in [0.2, 0.25) is 5.91 Å². The standard InChI is InChI=1S/C21H18BrNOS/c1-15-13-18(22)9-12-20(15)25-14-21(24)23-19-10-7-17(8-11-19)16-5-3-2-4-6-16/h2-13H,14H2,1H3,(H,23,24). The number of hydrogen-bond acceptors (Lipinski definition) is 2. The van der Waals surface area contributed by atoms with Crippen LogP contribution in [0, 0.1) is 6.92 Å². The number of carbonyl (C=O) groups is 1. The van der Waals surface area contributed by atoms with E-state index in [0.29, 0.717) is 5.75 Å². The molecule has 1 amide bonds. The Morgan fingerprint density at radius 3 is 2.32 bits per heavy atom. The number of anilines is 1. The van der Waals surface area contributed by atoms with Crippen molar-refractivity contribution in [3.63, 3.8) is 0 Å². The molecule has 2 nitrogen and oxygen atoms in total. The average molecular weight is 412 g/mol. The Bertz CT molecular complexity index is 863. The van der Waals surface area contributed by atoms with Gasteiger partial charge >= 0.3 is 0 Å². The van der Waals surface area contributed by atoms with Gasteiger partial charge in [-0.3, -0.25) is 4.79 Å². The molecule has 0 bridgehead atoms.